The molecule has 26 heavy (non-hydrogen) atoms. The minimum atomic E-state index is -0.668. The quantitative estimate of drug-likeness (QED) is 0.775. The van der Waals surface area contributed by atoms with Crippen molar-refractivity contribution < 1.29 is 19.1 Å². The molecule has 138 valence electrons. The third-order valence-corrected chi connectivity index (χ3v) is 4.36. The second-order valence-corrected chi connectivity index (χ2v) is 6.49. The van der Waals surface area contributed by atoms with E-state index in [0.717, 1.165) is 11.1 Å². The van der Waals surface area contributed by atoms with Crippen molar-refractivity contribution in [2.24, 2.45) is 0 Å². The zero-order chi connectivity index (χ0) is 19.3. The molecule has 6 heteroatoms. The van der Waals surface area contributed by atoms with Gasteiger partial charge in [0.25, 0.3) is 5.91 Å². The molecule has 0 unspecified atom stereocenters. The predicted octanol–water partition coefficient (Wildman–Crippen LogP) is 4.00. The zero-order valence-corrected chi connectivity index (χ0v) is 16.0. The van der Waals surface area contributed by atoms with E-state index in [0.29, 0.717) is 10.8 Å². The highest BCUT2D eigenvalue weighted by Crippen LogP contribution is 2.23. The normalized spacial score (nSPS) is 11.6. The van der Waals surface area contributed by atoms with E-state index < -0.39 is 5.97 Å². The average molecular weight is 376 g/mol. The summed E-state index contributed by atoms with van der Waals surface area (Å²) in [5.41, 5.74) is 3.51. The number of methoxy groups -OCH3 is 1. The smallest absolute Gasteiger partial charge is 0.342 e. The molecular formula is C20H22ClNO4. The fourth-order valence-electron chi connectivity index (χ4n) is 2.45. The van der Waals surface area contributed by atoms with E-state index in [1.165, 1.54) is 18.7 Å². The van der Waals surface area contributed by atoms with E-state index in [9.17, 15) is 9.59 Å². The molecule has 2 aromatic rings. The lowest BCUT2D eigenvalue weighted by atomic mass is 10.0. The Kier molecular flexibility index (Phi) is 6.64. The molecule has 1 atom stereocenters. The van der Waals surface area contributed by atoms with Crippen LogP contribution in [0.5, 0.6) is 5.75 Å². The summed E-state index contributed by atoms with van der Waals surface area (Å²) >= 11 is 5.90. The first kappa shape index (κ1) is 19.8. The summed E-state index contributed by atoms with van der Waals surface area (Å²) in [6, 6.07) is 10.4. The molecule has 0 saturated carbocycles. The zero-order valence-electron chi connectivity index (χ0n) is 15.3. The van der Waals surface area contributed by atoms with Gasteiger partial charge in [-0.05, 0) is 55.7 Å². The van der Waals surface area contributed by atoms with Gasteiger partial charge < -0.3 is 14.8 Å². The van der Waals surface area contributed by atoms with Gasteiger partial charge in [0.2, 0.25) is 0 Å². The first-order valence-electron chi connectivity index (χ1n) is 8.19. The maximum absolute atomic E-state index is 12.2. The topological polar surface area (TPSA) is 64.6 Å². The molecule has 0 bridgehead atoms. The largest absolute Gasteiger partial charge is 0.496 e. The van der Waals surface area contributed by atoms with Crippen LogP contribution in [0.25, 0.3) is 0 Å². The van der Waals surface area contributed by atoms with E-state index in [4.69, 9.17) is 21.1 Å². The van der Waals surface area contributed by atoms with Crippen LogP contribution in [-0.2, 0) is 9.53 Å². The molecular weight excluding hydrogens is 354 g/mol. The molecule has 0 fully saturated rings. The van der Waals surface area contributed by atoms with Crippen LogP contribution in [-0.4, -0.2) is 25.6 Å². The number of carbonyl (C=O) groups excluding carboxylic acids is 2. The lowest BCUT2D eigenvalue weighted by Crippen LogP contribution is -2.31. The second-order valence-electron chi connectivity index (χ2n) is 6.05. The maximum Gasteiger partial charge on any atom is 0.342 e. The molecule has 0 spiro atoms. The van der Waals surface area contributed by atoms with E-state index in [-0.39, 0.29) is 24.1 Å². The molecule has 0 aromatic heterocycles. The number of rotatable bonds is 6. The fraction of sp³-hybridized carbons (Fsp3) is 0.300. The highest BCUT2D eigenvalue weighted by Gasteiger charge is 2.17. The van der Waals surface area contributed by atoms with Crippen LogP contribution in [0.4, 0.5) is 0 Å². The van der Waals surface area contributed by atoms with Crippen LogP contribution < -0.4 is 10.1 Å². The first-order chi connectivity index (χ1) is 12.3. The van der Waals surface area contributed by atoms with Crippen molar-refractivity contribution in [2.75, 3.05) is 13.7 Å². The van der Waals surface area contributed by atoms with Crippen LogP contribution >= 0.6 is 11.6 Å². The number of aryl methyl sites for hydroxylation is 2. The number of halogens is 1. The number of nitrogens with one attached hydrogen (secondary N) is 1. The molecule has 5 nitrogen and oxygen atoms in total. The Morgan fingerprint density at radius 3 is 2.50 bits per heavy atom. The van der Waals surface area contributed by atoms with Crippen molar-refractivity contribution in [1.82, 2.24) is 5.32 Å². The summed E-state index contributed by atoms with van der Waals surface area (Å²) in [5.74, 6) is -0.716. The molecule has 0 aliphatic rings. The predicted molar refractivity (Wildman–Crippen MR) is 101 cm³/mol. The SMILES string of the molecule is COc1ccc(Cl)cc1C(=O)OCC(=O)N[C@H](C)c1ccc(C)c(C)c1. The summed E-state index contributed by atoms with van der Waals surface area (Å²) in [5, 5.41) is 3.20. The van der Waals surface area contributed by atoms with Crippen LogP contribution in [0.1, 0.15) is 40.0 Å². The standard InChI is InChI=1S/C20H22ClNO4/c1-12-5-6-15(9-13(12)2)14(3)22-19(23)11-26-20(24)17-10-16(21)7-8-18(17)25-4/h5-10,14H,11H2,1-4H3,(H,22,23)/t14-/m1/s1. The Hall–Kier alpha value is -2.53. The first-order valence-corrected chi connectivity index (χ1v) is 8.56. The third-order valence-electron chi connectivity index (χ3n) is 4.12. The number of amides is 1. The molecule has 2 rings (SSSR count). The molecule has 0 heterocycles. The van der Waals surface area contributed by atoms with Crippen molar-refractivity contribution in [2.45, 2.75) is 26.8 Å². The van der Waals surface area contributed by atoms with Gasteiger partial charge in [-0.3, -0.25) is 4.79 Å². The Balaban J connectivity index is 1.95. The van der Waals surface area contributed by atoms with E-state index in [2.05, 4.69) is 5.32 Å². The van der Waals surface area contributed by atoms with Crippen molar-refractivity contribution in [3.63, 3.8) is 0 Å². The van der Waals surface area contributed by atoms with Crippen molar-refractivity contribution >= 4 is 23.5 Å². The number of hydrogen-bond donors (Lipinski definition) is 1. The molecule has 0 aliphatic carbocycles. The number of esters is 1. The van der Waals surface area contributed by atoms with E-state index in [1.807, 2.05) is 39.0 Å². The molecule has 1 amide bonds. The fourth-order valence-corrected chi connectivity index (χ4v) is 2.62. The van der Waals surface area contributed by atoms with Crippen LogP contribution in [0.3, 0.4) is 0 Å². The summed E-state index contributed by atoms with van der Waals surface area (Å²) in [6.45, 7) is 5.55. The molecule has 0 aliphatic heterocycles. The van der Waals surface area contributed by atoms with Gasteiger partial charge in [-0.2, -0.15) is 0 Å². The van der Waals surface area contributed by atoms with Gasteiger partial charge in [0.15, 0.2) is 6.61 Å². The number of ether oxygens (including phenoxy) is 2. The Morgan fingerprint density at radius 1 is 1.12 bits per heavy atom. The van der Waals surface area contributed by atoms with Gasteiger partial charge in [-0.25, -0.2) is 4.79 Å². The second kappa shape index (κ2) is 8.72. The Bertz CT molecular complexity index is 819. The third kappa shape index (κ3) is 4.99. The monoisotopic (exact) mass is 375 g/mol. The van der Waals surface area contributed by atoms with E-state index >= 15 is 0 Å². The maximum atomic E-state index is 12.2. The Labute approximate surface area is 158 Å². The minimum absolute atomic E-state index is 0.176. The number of benzene rings is 2. The van der Waals surface area contributed by atoms with Crippen LogP contribution in [0.2, 0.25) is 5.02 Å². The van der Waals surface area contributed by atoms with Gasteiger partial charge in [0.05, 0.1) is 13.2 Å². The van der Waals surface area contributed by atoms with Gasteiger partial charge in [-0.1, -0.05) is 29.8 Å². The molecule has 2 aromatic carbocycles. The molecule has 0 saturated heterocycles. The average Bonchev–Trinajstić information content (AvgIpc) is 2.61. The van der Waals surface area contributed by atoms with Crippen LogP contribution in [0, 0.1) is 13.8 Å². The lowest BCUT2D eigenvalue weighted by molar-refractivity contribution is -0.124. The highest BCUT2D eigenvalue weighted by atomic mass is 35.5. The molecule has 1 N–H and O–H groups in total. The van der Waals surface area contributed by atoms with Crippen LogP contribution in [0.15, 0.2) is 36.4 Å². The van der Waals surface area contributed by atoms with E-state index in [1.54, 1.807) is 12.1 Å². The Morgan fingerprint density at radius 2 is 1.85 bits per heavy atom. The summed E-state index contributed by atoms with van der Waals surface area (Å²) in [4.78, 5) is 24.3. The highest BCUT2D eigenvalue weighted by molar-refractivity contribution is 6.31. The lowest BCUT2D eigenvalue weighted by Gasteiger charge is -2.16. The van der Waals surface area contributed by atoms with Gasteiger partial charge in [0.1, 0.15) is 11.3 Å². The van der Waals surface area contributed by atoms with Gasteiger partial charge in [0, 0.05) is 5.02 Å². The van der Waals surface area contributed by atoms with Crippen molar-refractivity contribution in [1.29, 1.82) is 0 Å². The molecule has 0 radical (unpaired) electrons. The minimum Gasteiger partial charge on any atom is -0.496 e. The number of hydrogen-bond acceptors (Lipinski definition) is 4. The van der Waals surface area contributed by atoms with Crippen molar-refractivity contribution in [3.05, 3.63) is 63.7 Å². The summed E-state index contributed by atoms with van der Waals surface area (Å²) in [7, 11) is 1.44. The van der Waals surface area contributed by atoms with Gasteiger partial charge in [-0.15, -0.1) is 0 Å². The number of carbonyl (C=O) groups is 2. The summed E-state index contributed by atoms with van der Waals surface area (Å²) < 4.78 is 10.2. The van der Waals surface area contributed by atoms with Gasteiger partial charge >= 0.3 is 5.97 Å². The van der Waals surface area contributed by atoms with Crippen molar-refractivity contribution in [3.8, 4) is 5.75 Å². The summed E-state index contributed by atoms with van der Waals surface area (Å²) in [6.07, 6.45) is 0.